The van der Waals surface area contributed by atoms with Gasteiger partial charge in [-0.1, -0.05) is 13.3 Å². The summed E-state index contributed by atoms with van der Waals surface area (Å²) in [4.78, 5) is 14.4. The van der Waals surface area contributed by atoms with E-state index in [1.54, 1.807) is 6.07 Å². The first-order valence-electron chi connectivity index (χ1n) is 5.89. The van der Waals surface area contributed by atoms with Crippen LogP contribution in [0, 0.1) is 13.8 Å². The van der Waals surface area contributed by atoms with E-state index in [1.807, 2.05) is 13.8 Å². The molecular weight excluding hydrogens is 214 g/mol. The molecule has 0 amide bonds. The van der Waals surface area contributed by atoms with Crippen LogP contribution < -0.4 is 0 Å². The van der Waals surface area contributed by atoms with Gasteiger partial charge in [0.2, 0.25) is 0 Å². The molecule has 0 spiro atoms. The van der Waals surface area contributed by atoms with Crippen molar-refractivity contribution in [2.75, 3.05) is 0 Å². The van der Waals surface area contributed by atoms with Crippen LogP contribution in [0.5, 0.6) is 0 Å². The van der Waals surface area contributed by atoms with Gasteiger partial charge in [0.15, 0.2) is 0 Å². The molecule has 0 fully saturated rings. The molecule has 0 unspecified atom stereocenters. The molecule has 17 heavy (non-hydrogen) atoms. The van der Waals surface area contributed by atoms with Crippen LogP contribution in [0.15, 0.2) is 12.1 Å². The molecule has 0 aliphatic rings. The van der Waals surface area contributed by atoms with Gasteiger partial charge in [-0.25, -0.2) is 4.79 Å². The van der Waals surface area contributed by atoms with E-state index in [4.69, 9.17) is 0 Å². The summed E-state index contributed by atoms with van der Waals surface area (Å²) in [6.07, 6.45) is 2.04. The predicted molar refractivity (Wildman–Crippen MR) is 68.7 cm³/mol. The van der Waals surface area contributed by atoms with Crippen molar-refractivity contribution in [2.45, 2.75) is 33.6 Å². The van der Waals surface area contributed by atoms with Crippen molar-refractivity contribution in [3.8, 4) is 0 Å². The second-order valence-electron chi connectivity index (χ2n) is 4.52. The molecule has 0 atom stereocenters. The summed E-state index contributed by atoms with van der Waals surface area (Å²) in [6, 6.07) is 3.78. The third-order valence-corrected chi connectivity index (χ3v) is 3.10. The highest BCUT2D eigenvalue weighted by Crippen LogP contribution is 2.27. The Kier molecular flexibility index (Phi) is 2.92. The smallest absolute Gasteiger partial charge is 0.337 e. The van der Waals surface area contributed by atoms with Gasteiger partial charge in [-0.05, 0) is 43.5 Å². The molecule has 1 aromatic carbocycles. The van der Waals surface area contributed by atoms with Crippen LogP contribution in [0.3, 0.4) is 0 Å². The molecule has 2 rings (SSSR count). The third-order valence-electron chi connectivity index (χ3n) is 3.10. The van der Waals surface area contributed by atoms with Crippen LogP contribution in [0.25, 0.3) is 10.9 Å². The number of aromatic carboxylic acids is 1. The zero-order chi connectivity index (χ0) is 12.6. The predicted octanol–water partition coefficient (Wildman–Crippen LogP) is 3.44. The van der Waals surface area contributed by atoms with E-state index in [0.29, 0.717) is 5.56 Å². The Bertz CT molecular complexity index is 581. The van der Waals surface area contributed by atoms with Gasteiger partial charge in [-0.15, -0.1) is 0 Å². The number of benzene rings is 1. The summed E-state index contributed by atoms with van der Waals surface area (Å²) < 4.78 is 0. The fourth-order valence-corrected chi connectivity index (χ4v) is 2.36. The van der Waals surface area contributed by atoms with Crippen LogP contribution in [-0.4, -0.2) is 16.1 Å². The molecule has 0 saturated carbocycles. The molecule has 1 aromatic heterocycles. The third kappa shape index (κ3) is 1.93. The molecule has 90 valence electrons. The summed E-state index contributed by atoms with van der Waals surface area (Å²) in [5.41, 5.74) is 4.43. The maximum absolute atomic E-state index is 11.2. The van der Waals surface area contributed by atoms with Gasteiger partial charge in [-0.2, -0.15) is 0 Å². The Labute approximate surface area is 100 Å². The van der Waals surface area contributed by atoms with Crippen molar-refractivity contribution in [1.82, 2.24) is 4.98 Å². The number of hydrogen-bond acceptors (Lipinski definition) is 1. The largest absolute Gasteiger partial charge is 0.478 e. The Balaban J connectivity index is 2.79. The second-order valence-corrected chi connectivity index (χ2v) is 4.52. The number of H-pyrrole nitrogens is 1. The van der Waals surface area contributed by atoms with Crippen LogP contribution in [0.4, 0.5) is 0 Å². The molecule has 3 heteroatoms. The van der Waals surface area contributed by atoms with Gasteiger partial charge in [0.25, 0.3) is 0 Å². The number of aromatic amines is 1. The van der Waals surface area contributed by atoms with Crippen molar-refractivity contribution in [1.29, 1.82) is 0 Å². The lowest BCUT2D eigenvalue weighted by molar-refractivity contribution is 0.0699. The fraction of sp³-hybridized carbons (Fsp3) is 0.357. The highest BCUT2D eigenvalue weighted by Gasteiger charge is 2.15. The zero-order valence-electron chi connectivity index (χ0n) is 10.4. The van der Waals surface area contributed by atoms with Gasteiger partial charge in [0.1, 0.15) is 0 Å². The van der Waals surface area contributed by atoms with E-state index in [1.165, 1.54) is 5.56 Å². The van der Waals surface area contributed by atoms with Gasteiger partial charge in [0.05, 0.1) is 11.1 Å². The lowest BCUT2D eigenvalue weighted by Crippen LogP contribution is -1.98. The Hall–Kier alpha value is -1.77. The van der Waals surface area contributed by atoms with Crippen molar-refractivity contribution < 1.29 is 9.90 Å². The minimum absolute atomic E-state index is 0.366. The lowest BCUT2D eigenvalue weighted by Gasteiger charge is -2.02. The first kappa shape index (κ1) is 11.7. The monoisotopic (exact) mass is 231 g/mol. The highest BCUT2D eigenvalue weighted by atomic mass is 16.4. The number of aromatic nitrogens is 1. The normalized spacial score (nSPS) is 11.0. The molecular formula is C14H17NO2. The lowest BCUT2D eigenvalue weighted by atomic mass is 10.0. The summed E-state index contributed by atoms with van der Waals surface area (Å²) in [6.45, 7) is 6.07. The summed E-state index contributed by atoms with van der Waals surface area (Å²) >= 11 is 0. The summed E-state index contributed by atoms with van der Waals surface area (Å²) in [7, 11) is 0. The second kappa shape index (κ2) is 4.24. The SMILES string of the molecule is CCCc1c(C)[nH]c2c(C(=O)O)cc(C)cc12. The van der Waals surface area contributed by atoms with E-state index < -0.39 is 5.97 Å². The van der Waals surface area contributed by atoms with Crippen LogP contribution in [0.1, 0.15) is 40.5 Å². The molecule has 3 nitrogen and oxygen atoms in total. The quantitative estimate of drug-likeness (QED) is 0.850. The van der Waals surface area contributed by atoms with E-state index in [2.05, 4.69) is 18.0 Å². The summed E-state index contributed by atoms with van der Waals surface area (Å²) in [5.74, 6) is -0.872. The minimum atomic E-state index is -0.872. The molecule has 1 heterocycles. The van der Waals surface area contributed by atoms with Gasteiger partial charge >= 0.3 is 5.97 Å². The van der Waals surface area contributed by atoms with E-state index >= 15 is 0 Å². The van der Waals surface area contributed by atoms with Gasteiger partial charge in [0, 0.05) is 11.1 Å². The van der Waals surface area contributed by atoms with Crippen molar-refractivity contribution in [2.24, 2.45) is 0 Å². The molecule has 0 aliphatic carbocycles. The molecule has 0 bridgehead atoms. The summed E-state index contributed by atoms with van der Waals surface area (Å²) in [5, 5.41) is 10.3. The maximum atomic E-state index is 11.2. The maximum Gasteiger partial charge on any atom is 0.337 e. The average Bonchev–Trinajstić information content (AvgIpc) is 2.55. The molecule has 0 aliphatic heterocycles. The topological polar surface area (TPSA) is 53.1 Å². The number of fused-ring (bicyclic) bond motifs is 1. The standard InChI is InChI=1S/C14H17NO2/c1-4-5-10-9(3)15-13-11(10)6-8(2)7-12(13)14(16)17/h6-7,15H,4-5H2,1-3H3,(H,16,17). The number of aryl methyl sites for hydroxylation is 3. The van der Waals surface area contributed by atoms with Crippen molar-refractivity contribution in [3.05, 3.63) is 34.5 Å². The highest BCUT2D eigenvalue weighted by molar-refractivity contribution is 6.03. The number of carboxylic acid groups (broad SMARTS) is 1. The number of rotatable bonds is 3. The Morgan fingerprint density at radius 3 is 2.65 bits per heavy atom. The number of carboxylic acids is 1. The van der Waals surface area contributed by atoms with E-state index in [9.17, 15) is 9.90 Å². The number of carbonyl (C=O) groups is 1. The zero-order valence-corrected chi connectivity index (χ0v) is 10.4. The average molecular weight is 231 g/mol. The van der Waals surface area contributed by atoms with Gasteiger partial charge in [-0.3, -0.25) is 0 Å². The Morgan fingerprint density at radius 2 is 2.06 bits per heavy atom. The first-order valence-corrected chi connectivity index (χ1v) is 5.89. The van der Waals surface area contributed by atoms with Gasteiger partial charge < -0.3 is 10.1 Å². The first-order chi connectivity index (χ1) is 8.04. The van der Waals surface area contributed by atoms with Crippen LogP contribution in [-0.2, 0) is 6.42 Å². The van der Waals surface area contributed by atoms with Crippen LogP contribution in [0.2, 0.25) is 0 Å². The van der Waals surface area contributed by atoms with Crippen LogP contribution >= 0.6 is 0 Å². The van der Waals surface area contributed by atoms with E-state index in [0.717, 1.165) is 35.0 Å². The number of nitrogens with one attached hydrogen (secondary N) is 1. The molecule has 2 N–H and O–H groups in total. The van der Waals surface area contributed by atoms with Crippen molar-refractivity contribution in [3.63, 3.8) is 0 Å². The number of hydrogen-bond donors (Lipinski definition) is 2. The molecule has 0 saturated heterocycles. The van der Waals surface area contributed by atoms with Crippen molar-refractivity contribution >= 4 is 16.9 Å². The Morgan fingerprint density at radius 1 is 1.35 bits per heavy atom. The molecule has 2 aromatic rings. The minimum Gasteiger partial charge on any atom is -0.478 e. The van der Waals surface area contributed by atoms with E-state index in [-0.39, 0.29) is 0 Å². The molecule has 0 radical (unpaired) electrons. The fourth-order valence-electron chi connectivity index (χ4n) is 2.36.